The van der Waals surface area contributed by atoms with Gasteiger partial charge >= 0.3 is 0 Å². The fourth-order valence-electron chi connectivity index (χ4n) is 2.19. The van der Waals surface area contributed by atoms with Crippen molar-refractivity contribution >= 4 is 11.8 Å². The first-order valence-electron chi connectivity index (χ1n) is 7.05. The van der Waals surface area contributed by atoms with E-state index in [1.807, 2.05) is 11.8 Å². The molecule has 2 heteroatoms. The Morgan fingerprint density at radius 2 is 1.94 bits per heavy atom. The summed E-state index contributed by atoms with van der Waals surface area (Å²) in [6, 6.07) is 7.35. The molecule has 0 aromatic heterocycles. The molecule has 1 rings (SSSR count). The maximum absolute atomic E-state index is 3.65. The van der Waals surface area contributed by atoms with Crippen molar-refractivity contribution < 1.29 is 0 Å². The van der Waals surface area contributed by atoms with E-state index in [9.17, 15) is 0 Å². The molecule has 0 aliphatic rings. The van der Waals surface area contributed by atoms with Crippen molar-refractivity contribution in [1.29, 1.82) is 0 Å². The fraction of sp³-hybridized carbons (Fsp3) is 0.625. The third-order valence-electron chi connectivity index (χ3n) is 3.31. The van der Waals surface area contributed by atoms with Crippen LogP contribution in [0.15, 0.2) is 23.1 Å². The molecule has 0 aliphatic heterocycles. The molecule has 1 nitrogen and oxygen atoms in total. The van der Waals surface area contributed by atoms with Crippen LogP contribution in [0.5, 0.6) is 0 Å². The standard InChI is InChI=1S/C16H27NS/c1-6-10-17-15(7-2)14(5)18-16-9-8-12(3)11-13(16)4/h8-9,11,14-15,17H,6-7,10H2,1-5H3. The first-order valence-corrected chi connectivity index (χ1v) is 7.93. The molecule has 0 saturated heterocycles. The average Bonchev–Trinajstić information content (AvgIpc) is 2.34. The number of aryl methyl sites for hydroxylation is 2. The molecule has 0 aliphatic carbocycles. The van der Waals surface area contributed by atoms with Crippen molar-refractivity contribution in [2.75, 3.05) is 6.54 Å². The van der Waals surface area contributed by atoms with Gasteiger partial charge in [-0.15, -0.1) is 11.8 Å². The third kappa shape index (κ3) is 4.66. The van der Waals surface area contributed by atoms with Crippen molar-refractivity contribution in [3.8, 4) is 0 Å². The van der Waals surface area contributed by atoms with Gasteiger partial charge in [-0.2, -0.15) is 0 Å². The van der Waals surface area contributed by atoms with Crippen molar-refractivity contribution in [2.24, 2.45) is 0 Å². The molecule has 102 valence electrons. The SMILES string of the molecule is CCCNC(CC)C(C)Sc1ccc(C)cc1C. The van der Waals surface area contributed by atoms with Crippen molar-refractivity contribution in [3.63, 3.8) is 0 Å². The van der Waals surface area contributed by atoms with E-state index in [4.69, 9.17) is 0 Å². The molecule has 0 fully saturated rings. The summed E-state index contributed by atoms with van der Waals surface area (Å²) >= 11 is 2.00. The van der Waals surface area contributed by atoms with Gasteiger partial charge in [0.2, 0.25) is 0 Å². The van der Waals surface area contributed by atoms with Crippen LogP contribution in [-0.4, -0.2) is 17.8 Å². The molecule has 2 unspecified atom stereocenters. The Morgan fingerprint density at radius 1 is 1.22 bits per heavy atom. The molecule has 0 amide bonds. The van der Waals surface area contributed by atoms with Gasteiger partial charge in [0.15, 0.2) is 0 Å². The van der Waals surface area contributed by atoms with Gasteiger partial charge in [-0.25, -0.2) is 0 Å². The van der Waals surface area contributed by atoms with E-state index in [0.29, 0.717) is 11.3 Å². The van der Waals surface area contributed by atoms with E-state index >= 15 is 0 Å². The Balaban J connectivity index is 2.64. The van der Waals surface area contributed by atoms with Crippen LogP contribution in [0.2, 0.25) is 0 Å². The molecule has 0 saturated carbocycles. The van der Waals surface area contributed by atoms with E-state index in [1.165, 1.54) is 28.9 Å². The van der Waals surface area contributed by atoms with Crippen LogP contribution in [0, 0.1) is 13.8 Å². The topological polar surface area (TPSA) is 12.0 Å². The largest absolute Gasteiger partial charge is 0.313 e. The Kier molecular flexibility index (Phi) is 6.80. The fourth-order valence-corrected chi connectivity index (χ4v) is 3.43. The van der Waals surface area contributed by atoms with Gasteiger partial charge in [0.05, 0.1) is 0 Å². The predicted octanol–water partition coefficient (Wildman–Crippen LogP) is 4.56. The molecule has 0 radical (unpaired) electrons. The highest BCUT2D eigenvalue weighted by Gasteiger charge is 2.16. The summed E-state index contributed by atoms with van der Waals surface area (Å²) < 4.78 is 0. The molecule has 18 heavy (non-hydrogen) atoms. The second kappa shape index (κ2) is 7.85. The van der Waals surface area contributed by atoms with Gasteiger partial charge < -0.3 is 5.32 Å². The summed E-state index contributed by atoms with van der Waals surface area (Å²) in [5.74, 6) is 0. The number of hydrogen-bond donors (Lipinski definition) is 1. The number of nitrogens with one attached hydrogen (secondary N) is 1. The second-order valence-corrected chi connectivity index (χ2v) is 6.48. The van der Waals surface area contributed by atoms with Gasteiger partial charge in [-0.1, -0.05) is 38.5 Å². The third-order valence-corrected chi connectivity index (χ3v) is 4.72. The Hall–Kier alpha value is -0.470. The number of rotatable bonds is 7. The molecule has 1 N–H and O–H groups in total. The molecular formula is C16H27NS. The van der Waals surface area contributed by atoms with Gasteiger partial charge in [-0.3, -0.25) is 0 Å². The minimum atomic E-state index is 0.607. The smallest absolute Gasteiger partial charge is 0.0220 e. The maximum Gasteiger partial charge on any atom is 0.0220 e. The van der Waals surface area contributed by atoms with Crippen molar-refractivity contribution in [1.82, 2.24) is 5.32 Å². The molecule has 1 aromatic rings. The van der Waals surface area contributed by atoms with E-state index in [2.05, 4.69) is 58.1 Å². The highest BCUT2D eigenvalue weighted by Crippen LogP contribution is 2.29. The van der Waals surface area contributed by atoms with Crippen LogP contribution in [-0.2, 0) is 0 Å². The van der Waals surface area contributed by atoms with Crippen LogP contribution in [0.3, 0.4) is 0 Å². The van der Waals surface area contributed by atoms with E-state index in [0.717, 1.165) is 6.54 Å². The minimum absolute atomic E-state index is 0.607. The van der Waals surface area contributed by atoms with Gasteiger partial charge in [0.25, 0.3) is 0 Å². The molecule has 2 atom stereocenters. The second-order valence-electron chi connectivity index (χ2n) is 5.06. The highest BCUT2D eigenvalue weighted by atomic mass is 32.2. The summed E-state index contributed by atoms with van der Waals surface area (Å²) in [7, 11) is 0. The van der Waals surface area contributed by atoms with Crippen LogP contribution >= 0.6 is 11.8 Å². The number of hydrogen-bond acceptors (Lipinski definition) is 2. The minimum Gasteiger partial charge on any atom is -0.313 e. The van der Waals surface area contributed by atoms with Gasteiger partial charge in [0.1, 0.15) is 0 Å². The Morgan fingerprint density at radius 3 is 2.50 bits per heavy atom. The van der Waals surface area contributed by atoms with Crippen LogP contribution in [0.1, 0.15) is 44.7 Å². The van der Waals surface area contributed by atoms with Crippen LogP contribution in [0.4, 0.5) is 0 Å². The summed E-state index contributed by atoms with van der Waals surface area (Å²) in [6.07, 6.45) is 2.40. The molecule has 1 aromatic carbocycles. The summed E-state index contributed by atoms with van der Waals surface area (Å²) in [4.78, 5) is 1.42. The number of thioether (sulfide) groups is 1. The normalized spacial score (nSPS) is 14.5. The molecule has 0 spiro atoms. The van der Waals surface area contributed by atoms with E-state index in [1.54, 1.807) is 0 Å². The van der Waals surface area contributed by atoms with Gasteiger partial charge in [0, 0.05) is 16.2 Å². The lowest BCUT2D eigenvalue weighted by atomic mass is 10.1. The van der Waals surface area contributed by atoms with E-state index < -0.39 is 0 Å². The average molecular weight is 265 g/mol. The Bertz CT molecular complexity index is 362. The lowest BCUT2D eigenvalue weighted by Gasteiger charge is -2.24. The lowest BCUT2D eigenvalue weighted by Crippen LogP contribution is -2.36. The van der Waals surface area contributed by atoms with Crippen molar-refractivity contribution in [2.45, 2.75) is 63.6 Å². The summed E-state index contributed by atoms with van der Waals surface area (Å²) in [6.45, 7) is 12.3. The molecular weight excluding hydrogens is 238 g/mol. The van der Waals surface area contributed by atoms with Crippen LogP contribution < -0.4 is 5.32 Å². The number of benzene rings is 1. The van der Waals surface area contributed by atoms with Crippen molar-refractivity contribution in [3.05, 3.63) is 29.3 Å². The zero-order valence-corrected chi connectivity index (χ0v) is 13.2. The first-order chi connectivity index (χ1) is 8.58. The first kappa shape index (κ1) is 15.6. The monoisotopic (exact) mass is 265 g/mol. The summed E-state index contributed by atoms with van der Waals surface area (Å²) in [5, 5.41) is 4.26. The summed E-state index contributed by atoms with van der Waals surface area (Å²) in [5.41, 5.74) is 2.75. The molecule has 0 bridgehead atoms. The quantitative estimate of drug-likeness (QED) is 0.725. The van der Waals surface area contributed by atoms with Crippen LogP contribution in [0.25, 0.3) is 0 Å². The maximum atomic E-state index is 3.65. The van der Waals surface area contributed by atoms with Gasteiger partial charge in [-0.05, 0) is 44.9 Å². The zero-order chi connectivity index (χ0) is 13.5. The zero-order valence-electron chi connectivity index (χ0n) is 12.4. The lowest BCUT2D eigenvalue weighted by molar-refractivity contribution is 0.494. The Labute approximate surface area is 117 Å². The molecule has 0 heterocycles. The predicted molar refractivity (Wildman–Crippen MR) is 83.6 cm³/mol. The highest BCUT2D eigenvalue weighted by molar-refractivity contribution is 8.00. The van der Waals surface area contributed by atoms with E-state index in [-0.39, 0.29) is 0 Å².